The van der Waals surface area contributed by atoms with E-state index in [0.717, 1.165) is 30.7 Å². The predicted octanol–water partition coefficient (Wildman–Crippen LogP) is 3.36. The monoisotopic (exact) mass is 294 g/mol. The van der Waals surface area contributed by atoms with Crippen molar-refractivity contribution in [3.05, 3.63) is 47.4 Å². The van der Waals surface area contributed by atoms with Gasteiger partial charge >= 0.3 is 0 Å². The van der Waals surface area contributed by atoms with Gasteiger partial charge in [-0.05, 0) is 49.3 Å². The smallest absolute Gasteiger partial charge is 0.255 e. The summed E-state index contributed by atoms with van der Waals surface area (Å²) in [6, 6.07) is 8.26. The average molecular weight is 294 g/mol. The molecule has 0 fully saturated rings. The van der Waals surface area contributed by atoms with Gasteiger partial charge in [0.1, 0.15) is 12.1 Å². The standard InChI is InChI=1S/C17H18N4O/c1-2-13-10-16(21-17(20-13)18-11-19-21)22-15-9-5-7-12-6-3-4-8-14(12)15/h5,7,9-11H,2-4,6,8H2,1H3. The Kier molecular flexibility index (Phi) is 3.25. The van der Waals surface area contributed by atoms with Crippen molar-refractivity contribution in [3.8, 4) is 11.6 Å². The number of hydrogen-bond donors (Lipinski definition) is 0. The van der Waals surface area contributed by atoms with Crippen LogP contribution in [0.1, 0.15) is 36.6 Å². The molecule has 0 bridgehead atoms. The molecule has 0 amide bonds. The van der Waals surface area contributed by atoms with Crippen molar-refractivity contribution in [2.75, 3.05) is 0 Å². The highest BCUT2D eigenvalue weighted by Crippen LogP contribution is 2.32. The van der Waals surface area contributed by atoms with E-state index in [0.29, 0.717) is 11.7 Å². The molecule has 0 radical (unpaired) electrons. The molecule has 5 nitrogen and oxygen atoms in total. The molecule has 0 unspecified atom stereocenters. The maximum Gasteiger partial charge on any atom is 0.255 e. The minimum absolute atomic E-state index is 0.583. The summed E-state index contributed by atoms with van der Waals surface area (Å²) < 4.78 is 7.87. The minimum Gasteiger partial charge on any atom is -0.439 e. The molecular formula is C17H18N4O. The summed E-state index contributed by atoms with van der Waals surface area (Å²) in [4.78, 5) is 8.63. The van der Waals surface area contributed by atoms with E-state index < -0.39 is 0 Å². The van der Waals surface area contributed by atoms with Crippen molar-refractivity contribution in [2.45, 2.75) is 39.0 Å². The van der Waals surface area contributed by atoms with E-state index in [9.17, 15) is 0 Å². The van der Waals surface area contributed by atoms with Crippen LogP contribution in [0, 0.1) is 0 Å². The lowest BCUT2D eigenvalue weighted by molar-refractivity contribution is 0.435. The molecule has 1 aliphatic rings. The molecule has 4 rings (SSSR count). The number of benzene rings is 1. The summed E-state index contributed by atoms with van der Waals surface area (Å²) in [5, 5.41) is 4.22. The highest BCUT2D eigenvalue weighted by Gasteiger charge is 2.16. The van der Waals surface area contributed by atoms with Gasteiger partial charge in [-0.15, -0.1) is 0 Å². The molecule has 0 atom stereocenters. The fourth-order valence-corrected chi connectivity index (χ4v) is 3.04. The SMILES string of the molecule is CCc1cc(Oc2cccc3c2CCCC3)n2ncnc2n1. The third kappa shape index (κ3) is 2.22. The molecule has 5 heteroatoms. The maximum atomic E-state index is 6.21. The van der Waals surface area contributed by atoms with E-state index in [1.54, 1.807) is 4.52 Å². The molecular weight excluding hydrogens is 276 g/mol. The molecule has 1 aliphatic carbocycles. The summed E-state index contributed by atoms with van der Waals surface area (Å²) in [6.07, 6.45) is 7.06. The Bertz CT molecular complexity index is 825. The van der Waals surface area contributed by atoms with Crippen LogP contribution in [0.4, 0.5) is 0 Å². The van der Waals surface area contributed by atoms with Crippen LogP contribution in [0.25, 0.3) is 5.78 Å². The average Bonchev–Trinajstić information content (AvgIpc) is 3.04. The second-order valence-electron chi connectivity index (χ2n) is 5.61. The fraction of sp³-hybridized carbons (Fsp3) is 0.353. The molecule has 1 aromatic carbocycles. The summed E-state index contributed by atoms with van der Waals surface area (Å²) in [5.41, 5.74) is 3.69. The van der Waals surface area contributed by atoms with E-state index in [1.807, 2.05) is 12.1 Å². The lowest BCUT2D eigenvalue weighted by Gasteiger charge is -2.19. The van der Waals surface area contributed by atoms with Crippen LogP contribution < -0.4 is 4.74 Å². The number of fused-ring (bicyclic) bond motifs is 2. The number of nitrogens with zero attached hydrogens (tertiary/aromatic N) is 4. The van der Waals surface area contributed by atoms with Gasteiger partial charge in [0, 0.05) is 11.8 Å². The first-order chi connectivity index (χ1) is 10.8. The van der Waals surface area contributed by atoms with Crippen molar-refractivity contribution in [1.29, 1.82) is 0 Å². The third-order valence-electron chi connectivity index (χ3n) is 4.20. The Morgan fingerprint density at radius 2 is 2.14 bits per heavy atom. The highest BCUT2D eigenvalue weighted by molar-refractivity contribution is 5.44. The van der Waals surface area contributed by atoms with E-state index in [4.69, 9.17) is 4.74 Å². The number of aromatic nitrogens is 4. The van der Waals surface area contributed by atoms with Crippen LogP contribution in [0.15, 0.2) is 30.6 Å². The van der Waals surface area contributed by atoms with Crippen LogP contribution in [0.3, 0.4) is 0 Å². The van der Waals surface area contributed by atoms with Gasteiger partial charge in [0.2, 0.25) is 5.88 Å². The molecule has 0 spiro atoms. The van der Waals surface area contributed by atoms with Gasteiger partial charge in [0.15, 0.2) is 0 Å². The Morgan fingerprint density at radius 1 is 1.23 bits per heavy atom. The van der Waals surface area contributed by atoms with Crippen LogP contribution in [0.2, 0.25) is 0 Å². The summed E-state index contributed by atoms with van der Waals surface area (Å²) >= 11 is 0. The van der Waals surface area contributed by atoms with Crippen LogP contribution in [-0.4, -0.2) is 19.6 Å². The molecule has 3 aromatic rings. The lowest BCUT2D eigenvalue weighted by atomic mass is 9.91. The van der Waals surface area contributed by atoms with Crippen molar-refractivity contribution < 1.29 is 4.74 Å². The van der Waals surface area contributed by atoms with Crippen LogP contribution in [0.5, 0.6) is 11.6 Å². The molecule has 0 saturated heterocycles. The Labute approximate surface area is 129 Å². The molecule has 0 N–H and O–H groups in total. The van der Waals surface area contributed by atoms with Gasteiger partial charge in [-0.25, -0.2) is 4.98 Å². The zero-order chi connectivity index (χ0) is 14.9. The van der Waals surface area contributed by atoms with E-state index in [2.05, 4.69) is 34.1 Å². The molecule has 112 valence electrons. The van der Waals surface area contributed by atoms with Crippen LogP contribution >= 0.6 is 0 Å². The van der Waals surface area contributed by atoms with Crippen molar-refractivity contribution >= 4 is 5.78 Å². The lowest BCUT2D eigenvalue weighted by Crippen LogP contribution is -2.06. The number of rotatable bonds is 3. The van der Waals surface area contributed by atoms with Crippen molar-refractivity contribution in [2.24, 2.45) is 0 Å². The molecule has 22 heavy (non-hydrogen) atoms. The molecule has 2 heterocycles. The largest absolute Gasteiger partial charge is 0.439 e. The summed E-state index contributed by atoms with van der Waals surface area (Å²) in [6.45, 7) is 2.07. The van der Waals surface area contributed by atoms with Gasteiger partial charge in [-0.3, -0.25) is 0 Å². The first kappa shape index (κ1) is 13.2. The van der Waals surface area contributed by atoms with E-state index in [-0.39, 0.29) is 0 Å². The summed E-state index contributed by atoms with van der Waals surface area (Å²) in [5.74, 6) is 2.19. The fourth-order valence-electron chi connectivity index (χ4n) is 3.04. The van der Waals surface area contributed by atoms with E-state index in [1.165, 1.54) is 30.3 Å². The maximum absolute atomic E-state index is 6.21. The van der Waals surface area contributed by atoms with Gasteiger partial charge < -0.3 is 4.74 Å². The second-order valence-corrected chi connectivity index (χ2v) is 5.61. The minimum atomic E-state index is 0.583. The van der Waals surface area contributed by atoms with Gasteiger partial charge in [-0.2, -0.15) is 14.6 Å². The highest BCUT2D eigenvalue weighted by atomic mass is 16.5. The predicted molar refractivity (Wildman–Crippen MR) is 83.3 cm³/mol. The third-order valence-corrected chi connectivity index (χ3v) is 4.20. The van der Waals surface area contributed by atoms with Gasteiger partial charge in [-0.1, -0.05) is 19.1 Å². The van der Waals surface area contributed by atoms with Gasteiger partial charge in [0.05, 0.1) is 0 Å². The molecule has 2 aromatic heterocycles. The van der Waals surface area contributed by atoms with Gasteiger partial charge in [0.25, 0.3) is 5.78 Å². The zero-order valence-electron chi connectivity index (χ0n) is 12.6. The normalized spacial score (nSPS) is 14.0. The molecule has 0 saturated carbocycles. The Balaban J connectivity index is 1.79. The first-order valence-corrected chi connectivity index (χ1v) is 7.83. The topological polar surface area (TPSA) is 52.3 Å². The molecule has 0 aliphatic heterocycles. The Hall–Kier alpha value is -2.43. The summed E-state index contributed by atoms with van der Waals surface area (Å²) in [7, 11) is 0. The second kappa shape index (κ2) is 5.40. The van der Waals surface area contributed by atoms with Crippen LogP contribution in [-0.2, 0) is 19.3 Å². The number of hydrogen-bond acceptors (Lipinski definition) is 4. The van der Waals surface area contributed by atoms with E-state index >= 15 is 0 Å². The number of aryl methyl sites for hydroxylation is 2. The zero-order valence-corrected chi connectivity index (χ0v) is 12.6. The Morgan fingerprint density at radius 3 is 3.05 bits per heavy atom. The van der Waals surface area contributed by atoms with Crippen molar-refractivity contribution in [1.82, 2.24) is 19.6 Å². The quantitative estimate of drug-likeness (QED) is 0.743. The first-order valence-electron chi connectivity index (χ1n) is 7.83. The number of ether oxygens (including phenoxy) is 1. The van der Waals surface area contributed by atoms with Crippen molar-refractivity contribution in [3.63, 3.8) is 0 Å².